The first-order valence-electron chi connectivity index (χ1n) is 7.71. The molecule has 0 unspecified atom stereocenters. The molecule has 4 heteroatoms. The number of rotatable bonds is 6. The third kappa shape index (κ3) is 4.76. The largest absolute Gasteiger partial charge is 0.457 e. The Morgan fingerprint density at radius 3 is 2.65 bits per heavy atom. The van der Waals surface area contributed by atoms with Gasteiger partial charge in [-0.15, -0.1) is 11.8 Å². The summed E-state index contributed by atoms with van der Waals surface area (Å²) in [6, 6.07) is 12.3. The lowest BCUT2D eigenvalue weighted by Gasteiger charge is -2.13. The van der Waals surface area contributed by atoms with Gasteiger partial charge >= 0.3 is 0 Å². The van der Waals surface area contributed by atoms with E-state index in [0.717, 1.165) is 34.9 Å². The Hall–Kier alpha value is -1.94. The molecule has 0 aliphatic heterocycles. The van der Waals surface area contributed by atoms with Crippen LogP contribution < -0.4 is 4.74 Å². The minimum Gasteiger partial charge on any atom is -0.457 e. The van der Waals surface area contributed by atoms with Crippen molar-refractivity contribution in [1.29, 1.82) is 0 Å². The van der Waals surface area contributed by atoms with Crippen molar-refractivity contribution in [2.24, 2.45) is 4.99 Å². The van der Waals surface area contributed by atoms with E-state index in [-0.39, 0.29) is 0 Å². The maximum absolute atomic E-state index is 6.06. The van der Waals surface area contributed by atoms with Gasteiger partial charge in [0.05, 0.1) is 12.0 Å². The van der Waals surface area contributed by atoms with Crippen LogP contribution in [0.4, 0.5) is 5.69 Å². The first kappa shape index (κ1) is 17.4. The summed E-state index contributed by atoms with van der Waals surface area (Å²) in [6.45, 7) is 7.15. The predicted molar refractivity (Wildman–Crippen MR) is 101 cm³/mol. The van der Waals surface area contributed by atoms with E-state index in [2.05, 4.69) is 56.3 Å². The molecule has 0 bridgehead atoms. The van der Waals surface area contributed by atoms with Crippen molar-refractivity contribution in [2.45, 2.75) is 25.7 Å². The first-order valence-corrected chi connectivity index (χ1v) is 8.93. The Balaban J connectivity index is 2.24. The molecule has 0 fully saturated rings. The maximum Gasteiger partial charge on any atom is 0.130 e. The van der Waals surface area contributed by atoms with Gasteiger partial charge in [-0.2, -0.15) is 0 Å². The summed E-state index contributed by atoms with van der Waals surface area (Å²) >= 11 is 1.71. The summed E-state index contributed by atoms with van der Waals surface area (Å²) in [5, 5.41) is 0. The second-order valence-corrected chi connectivity index (χ2v) is 6.38. The van der Waals surface area contributed by atoms with Crippen molar-refractivity contribution in [2.75, 3.05) is 19.8 Å². The SMILES string of the molecule is CCN(C)/C=N/c1cc(C)c(Oc2cccc(SC)c2)cc1C. The highest BCUT2D eigenvalue weighted by atomic mass is 32.2. The summed E-state index contributed by atoms with van der Waals surface area (Å²) in [5.41, 5.74) is 3.16. The van der Waals surface area contributed by atoms with E-state index < -0.39 is 0 Å². The topological polar surface area (TPSA) is 24.8 Å². The molecule has 0 N–H and O–H groups in total. The number of hydrogen-bond donors (Lipinski definition) is 0. The van der Waals surface area contributed by atoms with Crippen molar-refractivity contribution in [3.63, 3.8) is 0 Å². The van der Waals surface area contributed by atoms with E-state index in [1.54, 1.807) is 11.8 Å². The van der Waals surface area contributed by atoms with Crippen LogP contribution >= 0.6 is 11.8 Å². The lowest BCUT2D eigenvalue weighted by atomic mass is 10.1. The highest BCUT2D eigenvalue weighted by molar-refractivity contribution is 7.98. The third-order valence-electron chi connectivity index (χ3n) is 3.66. The number of hydrogen-bond acceptors (Lipinski definition) is 3. The van der Waals surface area contributed by atoms with Crippen LogP contribution in [0.5, 0.6) is 11.5 Å². The van der Waals surface area contributed by atoms with Crippen LogP contribution in [0.15, 0.2) is 46.3 Å². The lowest BCUT2D eigenvalue weighted by molar-refractivity contribution is 0.477. The molecule has 0 heterocycles. The zero-order valence-electron chi connectivity index (χ0n) is 14.5. The standard InChI is InChI=1S/C19H24N2OS/c1-6-21(4)13-20-18-10-15(3)19(11-14(18)2)22-16-8-7-9-17(12-16)23-5/h7-13H,6H2,1-5H3/b20-13+. The summed E-state index contributed by atoms with van der Waals surface area (Å²) in [4.78, 5) is 7.80. The summed E-state index contributed by atoms with van der Waals surface area (Å²) in [6.07, 6.45) is 3.93. The van der Waals surface area contributed by atoms with Gasteiger partial charge in [-0.3, -0.25) is 0 Å². The van der Waals surface area contributed by atoms with Crippen LogP contribution in [0.25, 0.3) is 0 Å². The van der Waals surface area contributed by atoms with Crippen LogP contribution in [-0.2, 0) is 0 Å². The van der Waals surface area contributed by atoms with Crippen LogP contribution in [0.1, 0.15) is 18.1 Å². The average molecular weight is 328 g/mol. The number of ether oxygens (including phenoxy) is 1. The Bertz CT molecular complexity index is 698. The van der Waals surface area contributed by atoms with E-state index in [1.165, 1.54) is 4.90 Å². The van der Waals surface area contributed by atoms with Gasteiger partial charge in [0, 0.05) is 18.5 Å². The molecular weight excluding hydrogens is 304 g/mol. The smallest absolute Gasteiger partial charge is 0.130 e. The van der Waals surface area contributed by atoms with Crippen molar-refractivity contribution >= 4 is 23.8 Å². The molecule has 2 aromatic carbocycles. The molecular formula is C19H24N2OS. The van der Waals surface area contributed by atoms with Gasteiger partial charge in [0.2, 0.25) is 0 Å². The molecule has 0 aromatic heterocycles. The van der Waals surface area contributed by atoms with Crippen LogP contribution in [-0.4, -0.2) is 31.1 Å². The number of nitrogens with zero attached hydrogens (tertiary/aromatic N) is 2. The molecule has 3 nitrogen and oxygen atoms in total. The predicted octanol–water partition coefficient (Wildman–Crippen LogP) is 5.43. The van der Waals surface area contributed by atoms with Crippen LogP contribution in [0, 0.1) is 13.8 Å². The van der Waals surface area contributed by atoms with Crippen molar-refractivity contribution in [3.8, 4) is 11.5 Å². The Labute approximate surface area is 143 Å². The second-order valence-electron chi connectivity index (χ2n) is 5.50. The van der Waals surface area contributed by atoms with E-state index in [4.69, 9.17) is 4.74 Å². The first-order chi connectivity index (χ1) is 11.0. The average Bonchev–Trinajstić information content (AvgIpc) is 2.56. The summed E-state index contributed by atoms with van der Waals surface area (Å²) in [7, 11) is 2.02. The molecule has 0 saturated carbocycles. The number of thioether (sulfide) groups is 1. The Morgan fingerprint density at radius 2 is 1.96 bits per heavy atom. The molecule has 2 rings (SSSR count). The fourth-order valence-electron chi connectivity index (χ4n) is 2.06. The van der Waals surface area contributed by atoms with Gasteiger partial charge in [-0.25, -0.2) is 4.99 Å². The number of aryl methyl sites for hydroxylation is 2. The summed E-state index contributed by atoms with van der Waals surface area (Å²) < 4.78 is 6.06. The molecule has 0 atom stereocenters. The maximum atomic E-state index is 6.06. The highest BCUT2D eigenvalue weighted by Gasteiger charge is 2.07. The van der Waals surface area contributed by atoms with E-state index >= 15 is 0 Å². The van der Waals surface area contributed by atoms with Crippen molar-refractivity contribution < 1.29 is 4.74 Å². The second kappa shape index (κ2) is 8.06. The summed E-state index contributed by atoms with van der Waals surface area (Å²) in [5.74, 6) is 1.74. The lowest BCUT2D eigenvalue weighted by Crippen LogP contribution is -2.14. The van der Waals surface area contributed by atoms with E-state index in [1.807, 2.05) is 30.4 Å². The van der Waals surface area contributed by atoms with Crippen LogP contribution in [0.2, 0.25) is 0 Å². The third-order valence-corrected chi connectivity index (χ3v) is 4.38. The van der Waals surface area contributed by atoms with Crippen molar-refractivity contribution in [3.05, 3.63) is 47.5 Å². The zero-order chi connectivity index (χ0) is 16.8. The van der Waals surface area contributed by atoms with Gasteiger partial charge in [-0.1, -0.05) is 6.07 Å². The van der Waals surface area contributed by atoms with E-state index in [0.29, 0.717) is 0 Å². The highest BCUT2D eigenvalue weighted by Crippen LogP contribution is 2.32. The van der Waals surface area contributed by atoms with E-state index in [9.17, 15) is 0 Å². The van der Waals surface area contributed by atoms with Gasteiger partial charge in [0.15, 0.2) is 0 Å². The minimum absolute atomic E-state index is 0.862. The number of aliphatic imine (C=N–C) groups is 1. The fraction of sp³-hybridized carbons (Fsp3) is 0.316. The number of benzene rings is 2. The molecule has 0 spiro atoms. The van der Waals surface area contributed by atoms with Gasteiger partial charge in [0.25, 0.3) is 0 Å². The molecule has 0 saturated heterocycles. The molecule has 0 aliphatic rings. The normalized spacial score (nSPS) is 11.0. The van der Waals surface area contributed by atoms with Gasteiger partial charge in [0.1, 0.15) is 11.5 Å². The molecule has 0 aliphatic carbocycles. The monoisotopic (exact) mass is 328 g/mol. The fourth-order valence-corrected chi connectivity index (χ4v) is 2.51. The molecule has 0 radical (unpaired) electrons. The molecule has 2 aromatic rings. The van der Waals surface area contributed by atoms with Gasteiger partial charge in [-0.05, 0) is 68.5 Å². The Morgan fingerprint density at radius 1 is 1.17 bits per heavy atom. The van der Waals surface area contributed by atoms with Crippen molar-refractivity contribution in [1.82, 2.24) is 4.90 Å². The zero-order valence-corrected chi connectivity index (χ0v) is 15.3. The quantitative estimate of drug-likeness (QED) is 0.401. The van der Waals surface area contributed by atoms with Crippen LogP contribution in [0.3, 0.4) is 0 Å². The Kier molecular flexibility index (Phi) is 6.11. The molecule has 23 heavy (non-hydrogen) atoms. The minimum atomic E-state index is 0.862. The molecule has 122 valence electrons. The molecule has 0 amide bonds. The van der Waals surface area contributed by atoms with Gasteiger partial charge < -0.3 is 9.64 Å².